The Morgan fingerprint density at radius 3 is 2.33 bits per heavy atom. The maximum atomic E-state index is 14.1. The molecule has 1 fully saturated rings. The number of nitrogens with two attached hydrogens (primary N) is 1. The van der Waals surface area contributed by atoms with Crippen LogP contribution in [0.1, 0.15) is 10.5 Å². The van der Waals surface area contributed by atoms with Crippen LogP contribution in [0.3, 0.4) is 0 Å². The van der Waals surface area contributed by atoms with Crippen molar-refractivity contribution in [1.82, 2.24) is 15.3 Å². The van der Waals surface area contributed by atoms with Gasteiger partial charge in [0.15, 0.2) is 11.5 Å². The molecule has 0 spiro atoms. The van der Waals surface area contributed by atoms with Gasteiger partial charge in [0.2, 0.25) is 5.89 Å². The van der Waals surface area contributed by atoms with E-state index in [0.717, 1.165) is 44.1 Å². The maximum Gasteiger partial charge on any atom is 0.271 e. The highest BCUT2D eigenvalue weighted by Gasteiger charge is 2.24. The van der Waals surface area contributed by atoms with E-state index >= 15 is 0 Å². The van der Waals surface area contributed by atoms with Crippen molar-refractivity contribution in [3.63, 3.8) is 0 Å². The third-order valence-electron chi connectivity index (χ3n) is 4.49. The molecule has 0 atom stereocenters. The SMILES string of the molecule is Cl.Cl.NC(=O)c1nc(-c2c(F)cccc2F)oc1-c1ccc(N2CCNCC2)nc1. The van der Waals surface area contributed by atoms with Crippen molar-refractivity contribution in [2.75, 3.05) is 31.1 Å². The first kappa shape index (κ1) is 23.5. The zero-order valence-corrected chi connectivity index (χ0v) is 17.2. The number of nitrogens with zero attached hydrogens (tertiary/aromatic N) is 3. The highest BCUT2D eigenvalue weighted by Crippen LogP contribution is 2.32. The van der Waals surface area contributed by atoms with Crippen LogP contribution >= 0.6 is 24.8 Å². The Kier molecular flexibility index (Phi) is 7.71. The molecule has 11 heteroatoms. The van der Waals surface area contributed by atoms with Gasteiger partial charge >= 0.3 is 0 Å². The summed E-state index contributed by atoms with van der Waals surface area (Å²) in [4.78, 5) is 22.3. The fourth-order valence-electron chi connectivity index (χ4n) is 3.09. The number of pyridine rings is 1. The number of halogens is 4. The number of hydrogen-bond acceptors (Lipinski definition) is 6. The van der Waals surface area contributed by atoms with Crippen molar-refractivity contribution in [1.29, 1.82) is 0 Å². The van der Waals surface area contributed by atoms with E-state index in [2.05, 4.69) is 20.2 Å². The Labute approximate surface area is 183 Å². The average Bonchev–Trinajstić information content (AvgIpc) is 3.14. The second kappa shape index (κ2) is 9.84. The van der Waals surface area contributed by atoms with Gasteiger partial charge in [0.25, 0.3) is 5.91 Å². The number of carbonyl (C=O) groups excluding carboxylic acids is 1. The van der Waals surface area contributed by atoms with Crippen molar-refractivity contribution >= 4 is 36.5 Å². The Bertz CT molecular complexity index is 1000. The quantitative estimate of drug-likeness (QED) is 0.624. The van der Waals surface area contributed by atoms with E-state index in [0.29, 0.717) is 5.56 Å². The molecular formula is C19H19Cl2F2N5O2. The fraction of sp³-hybridized carbons (Fsp3) is 0.211. The molecule has 2 aromatic heterocycles. The number of amides is 1. The van der Waals surface area contributed by atoms with Crippen LogP contribution < -0.4 is 16.0 Å². The lowest BCUT2D eigenvalue weighted by atomic mass is 10.2. The maximum absolute atomic E-state index is 14.1. The smallest absolute Gasteiger partial charge is 0.271 e. The standard InChI is InChI=1S/C19H17F2N5O2.2ClH/c20-12-2-1-3-13(21)15(12)19-25-16(18(22)27)17(28-19)11-4-5-14(24-10-11)26-8-6-23-7-9-26;;/h1-5,10,23H,6-9H2,(H2,22,27);2*1H. The van der Waals surface area contributed by atoms with E-state index in [4.69, 9.17) is 10.2 Å². The number of nitrogens with one attached hydrogen (secondary N) is 1. The van der Waals surface area contributed by atoms with Gasteiger partial charge in [-0.05, 0) is 24.3 Å². The lowest BCUT2D eigenvalue weighted by Crippen LogP contribution is -2.43. The van der Waals surface area contributed by atoms with E-state index in [-0.39, 0.29) is 42.2 Å². The molecule has 0 radical (unpaired) electrons. The minimum absolute atomic E-state index is 0. The summed E-state index contributed by atoms with van der Waals surface area (Å²) in [6.45, 7) is 3.40. The second-order valence-electron chi connectivity index (χ2n) is 6.30. The zero-order chi connectivity index (χ0) is 19.7. The number of primary amides is 1. The van der Waals surface area contributed by atoms with Gasteiger partial charge in [0, 0.05) is 37.9 Å². The van der Waals surface area contributed by atoms with Crippen LogP contribution in [-0.2, 0) is 0 Å². The summed E-state index contributed by atoms with van der Waals surface area (Å²) in [5.74, 6) is -2.12. The predicted octanol–water partition coefficient (Wildman–Crippen LogP) is 3.03. The number of carbonyl (C=O) groups is 1. The largest absolute Gasteiger partial charge is 0.435 e. The van der Waals surface area contributed by atoms with Gasteiger partial charge in [-0.2, -0.15) is 0 Å². The van der Waals surface area contributed by atoms with E-state index < -0.39 is 23.1 Å². The van der Waals surface area contributed by atoms with Crippen molar-refractivity contribution in [2.45, 2.75) is 0 Å². The summed E-state index contributed by atoms with van der Waals surface area (Å²) in [5, 5.41) is 3.26. The summed E-state index contributed by atoms with van der Waals surface area (Å²) in [7, 11) is 0. The third-order valence-corrected chi connectivity index (χ3v) is 4.49. The van der Waals surface area contributed by atoms with Crippen LogP contribution in [0.2, 0.25) is 0 Å². The fourth-order valence-corrected chi connectivity index (χ4v) is 3.09. The molecule has 30 heavy (non-hydrogen) atoms. The first-order valence-electron chi connectivity index (χ1n) is 8.71. The Balaban J connectivity index is 0.00000160. The Morgan fingerprint density at radius 2 is 1.77 bits per heavy atom. The van der Waals surface area contributed by atoms with Crippen molar-refractivity contribution in [2.24, 2.45) is 5.73 Å². The van der Waals surface area contributed by atoms with Crippen LogP contribution in [0.25, 0.3) is 22.8 Å². The monoisotopic (exact) mass is 457 g/mol. The molecule has 0 aliphatic carbocycles. The van der Waals surface area contributed by atoms with Crippen LogP contribution in [-0.4, -0.2) is 42.1 Å². The number of rotatable bonds is 4. The number of hydrogen-bond donors (Lipinski definition) is 2. The van der Waals surface area contributed by atoms with E-state index in [1.807, 2.05) is 0 Å². The number of oxazole rings is 1. The van der Waals surface area contributed by atoms with Gasteiger partial charge in [-0.25, -0.2) is 18.7 Å². The van der Waals surface area contributed by atoms with Gasteiger partial charge < -0.3 is 20.4 Å². The van der Waals surface area contributed by atoms with Gasteiger partial charge in [0.05, 0.1) is 0 Å². The number of piperazine rings is 1. The summed E-state index contributed by atoms with van der Waals surface area (Å²) in [6.07, 6.45) is 1.52. The normalized spacial score (nSPS) is 13.3. The predicted molar refractivity (Wildman–Crippen MR) is 113 cm³/mol. The van der Waals surface area contributed by atoms with Gasteiger partial charge in [-0.15, -0.1) is 24.8 Å². The average molecular weight is 458 g/mol. The zero-order valence-electron chi connectivity index (χ0n) is 15.6. The van der Waals surface area contributed by atoms with Crippen molar-refractivity contribution < 1.29 is 18.0 Å². The highest BCUT2D eigenvalue weighted by atomic mass is 35.5. The molecule has 1 aromatic carbocycles. The first-order valence-corrected chi connectivity index (χ1v) is 8.71. The van der Waals surface area contributed by atoms with Crippen LogP contribution in [0.5, 0.6) is 0 Å². The van der Waals surface area contributed by atoms with E-state index in [1.165, 1.54) is 12.3 Å². The first-order chi connectivity index (χ1) is 13.5. The molecular weight excluding hydrogens is 439 g/mol. The molecule has 3 N–H and O–H groups in total. The van der Waals surface area contributed by atoms with E-state index in [9.17, 15) is 13.6 Å². The van der Waals surface area contributed by atoms with Crippen molar-refractivity contribution in [3.8, 4) is 22.8 Å². The third kappa shape index (κ3) is 4.53. The van der Waals surface area contributed by atoms with Gasteiger partial charge in [-0.3, -0.25) is 4.79 Å². The van der Waals surface area contributed by atoms with Gasteiger partial charge in [-0.1, -0.05) is 6.07 Å². The number of aromatic nitrogens is 2. The lowest BCUT2D eigenvalue weighted by molar-refractivity contribution is 0.0996. The molecule has 0 unspecified atom stereocenters. The summed E-state index contributed by atoms with van der Waals surface area (Å²) < 4.78 is 33.7. The molecule has 3 aromatic rings. The minimum atomic E-state index is -0.868. The molecule has 4 rings (SSSR count). The molecule has 0 saturated carbocycles. The molecule has 1 aliphatic heterocycles. The summed E-state index contributed by atoms with van der Waals surface area (Å²) >= 11 is 0. The minimum Gasteiger partial charge on any atom is -0.435 e. The Morgan fingerprint density at radius 1 is 1.10 bits per heavy atom. The van der Waals surface area contributed by atoms with Gasteiger partial charge in [0.1, 0.15) is 23.0 Å². The summed E-state index contributed by atoms with van der Waals surface area (Å²) in [6, 6.07) is 6.88. The molecule has 1 saturated heterocycles. The Hall–Kier alpha value is -2.75. The topological polar surface area (TPSA) is 97.3 Å². The van der Waals surface area contributed by atoms with Crippen LogP contribution in [0, 0.1) is 11.6 Å². The van der Waals surface area contributed by atoms with Crippen molar-refractivity contribution in [3.05, 3.63) is 53.9 Å². The van der Waals surface area contributed by atoms with Crippen LogP contribution in [0.15, 0.2) is 40.9 Å². The molecule has 160 valence electrons. The van der Waals surface area contributed by atoms with Crippen LogP contribution in [0.4, 0.5) is 14.6 Å². The number of benzene rings is 1. The molecule has 1 amide bonds. The highest BCUT2D eigenvalue weighted by molar-refractivity contribution is 5.97. The summed E-state index contributed by atoms with van der Waals surface area (Å²) in [5.41, 5.74) is 5.14. The number of anilines is 1. The molecule has 3 heterocycles. The van der Waals surface area contributed by atoms with E-state index in [1.54, 1.807) is 12.1 Å². The molecule has 1 aliphatic rings. The lowest BCUT2D eigenvalue weighted by Gasteiger charge is -2.28. The second-order valence-corrected chi connectivity index (χ2v) is 6.30. The molecule has 0 bridgehead atoms. The molecule has 7 nitrogen and oxygen atoms in total.